The molecule has 0 aliphatic heterocycles. The summed E-state index contributed by atoms with van der Waals surface area (Å²) in [5.41, 5.74) is 7.41. The van der Waals surface area contributed by atoms with Crippen molar-refractivity contribution >= 4 is 61.8 Å². The van der Waals surface area contributed by atoms with E-state index < -0.39 is 0 Å². The van der Waals surface area contributed by atoms with E-state index in [0.29, 0.717) is 10.0 Å². The lowest BCUT2D eigenvalue weighted by molar-refractivity contribution is 1.04. The number of benzene rings is 1. The molecule has 2 aromatic rings. The summed E-state index contributed by atoms with van der Waals surface area (Å²) >= 11 is 16.2. The molecule has 1 heterocycles. The van der Waals surface area contributed by atoms with Gasteiger partial charge in [0.05, 0.1) is 3.79 Å². The van der Waals surface area contributed by atoms with Crippen molar-refractivity contribution in [1.29, 1.82) is 0 Å². The van der Waals surface area contributed by atoms with Gasteiger partial charge >= 0.3 is 0 Å². The summed E-state index contributed by atoms with van der Waals surface area (Å²) < 4.78 is 1.15. The molecule has 0 saturated heterocycles. The molecule has 0 radical (unpaired) electrons. The minimum absolute atomic E-state index is 0.373. The smallest absolute Gasteiger partial charge is 0.106 e. The first-order chi connectivity index (χ1) is 9.06. The molecule has 0 bridgehead atoms. The van der Waals surface area contributed by atoms with Crippen LogP contribution in [0, 0.1) is 0 Å². The van der Waals surface area contributed by atoms with Gasteiger partial charge in [0, 0.05) is 27.7 Å². The average molecular weight is 376 g/mol. The fourth-order valence-electron chi connectivity index (χ4n) is 1.68. The van der Waals surface area contributed by atoms with Gasteiger partial charge in [-0.3, -0.25) is 0 Å². The summed E-state index contributed by atoms with van der Waals surface area (Å²) in [5, 5.41) is 4.00. The first kappa shape index (κ1) is 14.8. The van der Waals surface area contributed by atoms with Gasteiger partial charge in [0.25, 0.3) is 0 Å². The molecule has 1 aromatic carbocycles. The van der Waals surface area contributed by atoms with Crippen molar-refractivity contribution in [1.82, 2.24) is 0 Å². The molecule has 3 N–H and O–H groups in total. The van der Waals surface area contributed by atoms with Crippen molar-refractivity contribution in [3.05, 3.63) is 49.6 Å². The van der Waals surface area contributed by atoms with Gasteiger partial charge in [-0.25, -0.2) is 0 Å². The highest BCUT2D eigenvalue weighted by Crippen LogP contribution is 2.24. The minimum Gasteiger partial charge on any atom is -0.389 e. The fraction of sp³-hybridized carbons (Fsp3) is 0.154. The van der Waals surface area contributed by atoms with Crippen molar-refractivity contribution in [2.45, 2.75) is 6.42 Å². The molecular weight excluding hydrogens is 364 g/mol. The van der Waals surface area contributed by atoms with Gasteiger partial charge in [-0.2, -0.15) is 0 Å². The van der Waals surface area contributed by atoms with Crippen LogP contribution in [0.25, 0.3) is 0 Å². The topological polar surface area (TPSA) is 38.0 Å². The molecule has 6 heteroatoms. The normalized spacial score (nSPS) is 10.4. The Morgan fingerprint density at radius 3 is 2.79 bits per heavy atom. The number of halogens is 2. The second-order valence-electron chi connectivity index (χ2n) is 3.94. The van der Waals surface area contributed by atoms with E-state index in [1.807, 2.05) is 12.1 Å². The third-order valence-corrected chi connectivity index (χ3v) is 4.70. The monoisotopic (exact) mass is 374 g/mol. The summed E-state index contributed by atoms with van der Waals surface area (Å²) in [7, 11) is 0. The van der Waals surface area contributed by atoms with Crippen LogP contribution < -0.4 is 11.1 Å². The van der Waals surface area contributed by atoms with Crippen LogP contribution in [0.3, 0.4) is 0 Å². The molecule has 1 aromatic heterocycles. The zero-order chi connectivity index (χ0) is 13.8. The van der Waals surface area contributed by atoms with Crippen molar-refractivity contribution in [2.24, 2.45) is 5.73 Å². The van der Waals surface area contributed by atoms with Crippen molar-refractivity contribution in [3.8, 4) is 0 Å². The fourth-order valence-corrected chi connectivity index (χ4v) is 3.52. The first-order valence-electron chi connectivity index (χ1n) is 5.63. The van der Waals surface area contributed by atoms with E-state index in [0.717, 1.165) is 28.0 Å². The third-order valence-electron chi connectivity index (χ3n) is 2.56. The first-order valence-corrected chi connectivity index (χ1v) is 8.03. The van der Waals surface area contributed by atoms with E-state index in [2.05, 4.69) is 33.4 Å². The van der Waals surface area contributed by atoms with Crippen LogP contribution in [0.15, 0.2) is 34.1 Å². The largest absolute Gasteiger partial charge is 0.389 e. The Kier molecular flexibility index (Phi) is 5.21. The number of thiocarbonyl (C=S) groups is 1. The maximum Gasteiger partial charge on any atom is 0.106 e. The molecule has 100 valence electrons. The lowest BCUT2D eigenvalue weighted by Crippen LogP contribution is -2.14. The molecule has 0 fully saturated rings. The highest BCUT2D eigenvalue weighted by atomic mass is 79.9. The molecule has 0 saturated carbocycles. The maximum atomic E-state index is 5.99. The summed E-state index contributed by atoms with van der Waals surface area (Å²) in [6, 6.07) is 9.65. The zero-order valence-electron chi connectivity index (χ0n) is 9.95. The highest BCUT2D eigenvalue weighted by molar-refractivity contribution is 9.11. The van der Waals surface area contributed by atoms with Gasteiger partial charge in [-0.1, -0.05) is 23.8 Å². The van der Waals surface area contributed by atoms with E-state index in [1.54, 1.807) is 17.4 Å². The second kappa shape index (κ2) is 6.70. The van der Waals surface area contributed by atoms with Gasteiger partial charge in [-0.05, 0) is 52.7 Å². The molecule has 2 nitrogen and oxygen atoms in total. The summed E-state index contributed by atoms with van der Waals surface area (Å²) in [6.07, 6.45) is 0.944. The lowest BCUT2D eigenvalue weighted by atomic mass is 10.1. The molecular formula is C13H12BrClN2S2. The number of anilines is 1. The van der Waals surface area contributed by atoms with Crippen molar-refractivity contribution in [2.75, 3.05) is 11.9 Å². The second-order valence-corrected chi connectivity index (χ2v) is 7.36. The Bertz CT molecular complexity index is 598. The van der Waals surface area contributed by atoms with Crippen LogP contribution in [0.5, 0.6) is 0 Å². The molecule has 0 spiro atoms. The van der Waals surface area contributed by atoms with Crippen LogP contribution >= 0.6 is 51.1 Å². The molecule has 0 atom stereocenters. The maximum absolute atomic E-state index is 5.99. The van der Waals surface area contributed by atoms with Crippen LogP contribution in [-0.4, -0.2) is 11.5 Å². The predicted molar refractivity (Wildman–Crippen MR) is 91.6 cm³/mol. The zero-order valence-corrected chi connectivity index (χ0v) is 13.9. The van der Waals surface area contributed by atoms with E-state index in [-0.39, 0.29) is 0 Å². The molecule has 0 amide bonds. The Morgan fingerprint density at radius 2 is 2.16 bits per heavy atom. The van der Waals surface area contributed by atoms with Gasteiger partial charge < -0.3 is 11.1 Å². The molecule has 2 rings (SSSR count). The van der Waals surface area contributed by atoms with Crippen molar-refractivity contribution in [3.63, 3.8) is 0 Å². The lowest BCUT2D eigenvalue weighted by Gasteiger charge is -2.11. The number of rotatable bonds is 5. The number of nitrogens with one attached hydrogen (secondary N) is 1. The highest BCUT2D eigenvalue weighted by Gasteiger charge is 2.06. The van der Waals surface area contributed by atoms with Gasteiger partial charge in [0.1, 0.15) is 4.99 Å². The number of thiophene rings is 1. The predicted octanol–water partition coefficient (Wildman–Crippen LogP) is 4.45. The molecule has 0 aliphatic rings. The van der Waals surface area contributed by atoms with Crippen molar-refractivity contribution < 1.29 is 0 Å². The molecule has 0 aliphatic carbocycles. The number of hydrogen-bond acceptors (Lipinski definition) is 3. The minimum atomic E-state index is 0.373. The summed E-state index contributed by atoms with van der Waals surface area (Å²) in [4.78, 5) is 1.69. The summed E-state index contributed by atoms with van der Waals surface area (Å²) in [5.74, 6) is 0. The standard InChI is InChI=1S/C13H12BrClN2S2/c14-12-4-2-9(19-12)5-6-17-11-7-8(15)1-3-10(11)13(16)18/h1-4,7,17H,5-6H2,(H2,16,18). The Labute approximate surface area is 135 Å². The molecule has 0 unspecified atom stereocenters. The average Bonchev–Trinajstić information content (AvgIpc) is 2.75. The van der Waals surface area contributed by atoms with Gasteiger partial charge in [0.15, 0.2) is 0 Å². The SMILES string of the molecule is NC(=S)c1ccc(Cl)cc1NCCc1ccc(Br)s1. The third kappa shape index (κ3) is 4.18. The van der Waals surface area contributed by atoms with Crippen LogP contribution in [-0.2, 0) is 6.42 Å². The van der Waals surface area contributed by atoms with Gasteiger partial charge in [-0.15, -0.1) is 11.3 Å². The van der Waals surface area contributed by atoms with E-state index >= 15 is 0 Å². The summed E-state index contributed by atoms with van der Waals surface area (Å²) in [6.45, 7) is 0.808. The quantitative estimate of drug-likeness (QED) is 0.758. The van der Waals surface area contributed by atoms with Gasteiger partial charge in [0.2, 0.25) is 0 Å². The van der Waals surface area contributed by atoms with E-state index in [1.165, 1.54) is 4.88 Å². The van der Waals surface area contributed by atoms with Crippen LogP contribution in [0.1, 0.15) is 10.4 Å². The Balaban J connectivity index is 2.02. The Morgan fingerprint density at radius 1 is 1.37 bits per heavy atom. The van der Waals surface area contributed by atoms with Crippen LogP contribution in [0.4, 0.5) is 5.69 Å². The number of hydrogen-bond donors (Lipinski definition) is 2. The van der Waals surface area contributed by atoms with E-state index in [9.17, 15) is 0 Å². The van der Waals surface area contributed by atoms with Crippen LogP contribution in [0.2, 0.25) is 5.02 Å². The van der Waals surface area contributed by atoms with E-state index in [4.69, 9.17) is 29.6 Å². The molecule has 19 heavy (non-hydrogen) atoms. The number of nitrogens with two attached hydrogens (primary N) is 1. The Hall–Kier alpha value is -0.620.